The maximum absolute atomic E-state index is 11.7. The van der Waals surface area contributed by atoms with Gasteiger partial charge in [0.15, 0.2) is 5.82 Å². The van der Waals surface area contributed by atoms with Gasteiger partial charge in [-0.05, 0) is 25.3 Å². The fourth-order valence-corrected chi connectivity index (χ4v) is 2.94. The molecule has 0 aromatic carbocycles. The van der Waals surface area contributed by atoms with E-state index in [1.807, 2.05) is 11.9 Å². The van der Waals surface area contributed by atoms with Crippen LogP contribution in [0.1, 0.15) is 25.7 Å². The van der Waals surface area contributed by atoms with Crippen LogP contribution < -0.4 is 20.9 Å². The molecule has 0 aliphatic heterocycles. The van der Waals surface area contributed by atoms with Crippen LogP contribution in [0.15, 0.2) is 11.1 Å². The normalized spacial score (nSPS) is 23.1. The number of aromatic amines is 1. The Labute approximate surface area is 113 Å². The predicted octanol–water partition coefficient (Wildman–Crippen LogP) is 0.732. The minimum absolute atomic E-state index is 0.251. The molecule has 1 aromatic heterocycles. The summed E-state index contributed by atoms with van der Waals surface area (Å²) < 4.78 is 5.18. The Morgan fingerprint density at radius 1 is 1.53 bits per heavy atom. The highest BCUT2D eigenvalue weighted by molar-refractivity contribution is 5.51. The number of aromatic nitrogens is 2. The lowest BCUT2D eigenvalue weighted by molar-refractivity contribution is 0.303. The molecular formula is C13H22N4O2. The second-order valence-electron chi connectivity index (χ2n) is 5.05. The Kier molecular flexibility index (Phi) is 4.42. The van der Waals surface area contributed by atoms with E-state index in [-0.39, 0.29) is 11.3 Å². The highest BCUT2D eigenvalue weighted by atomic mass is 16.5. The summed E-state index contributed by atoms with van der Waals surface area (Å²) >= 11 is 0. The fraction of sp³-hybridized carbons (Fsp3) is 0.692. The molecule has 2 unspecified atom stereocenters. The summed E-state index contributed by atoms with van der Waals surface area (Å²) in [4.78, 5) is 20.6. The molecule has 6 heteroatoms. The molecule has 1 aromatic rings. The lowest BCUT2D eigenvalue weighted by Crippen LogP contribution is -2.44. The molecule has 1 aliphatic carbocycles. The van der Waals surface area contributed by atoms with Crippen molar-refractivity contribution in [2.45, 2.75) is 31.7 Å². The van der Waals surface area contributed by atoms with Crippen molar-refractivity contribution in [3.63, 3.8) is 0 Å². The number of anilines is 1. The van der Waals surface area contributed by atoms with Gasteiger partial charge in [-0.1, -0.05) is 12.8 Å². The van der Waals surface area contributed by atoms with Crippen LogP contribution in [-0.4, -0.2) is 36.7 Å². The van der Waals surface area contributed by atoms with Crippen LogP contribution in [-0.2, 0) is 0 Å². The molecule has 19 heavy (non-hydrogen) atoms. The number of nitrogens with zero attached hydrogens (tertiary/aromatic N) is 2. The van der Waals surface area contributed by atoms with Gasteiger partial charge in [0, 0.05) is 13.1 Å². The molecule has 2 rings (SSSR count). The number of H-pyrrole nitrogens is 1. The zero-order chi connectivity index (χ0) is 13.8. The smallest absolute Gasteiger partial charge is 0.295 e. The van der Waals surface area contributed by atoms with Gasteiger partial charge < -0.3 is 20.4 Å². The Morgan fingerprint density at radius 2 is 2.26 bits per heavy atom. The highest BCUT2D eigenvalue weighted by Crippen LogP contribution is 2.31. The lowest BCUT2D eigenvalue weighted by atomic mass is 9.83. The van der Waals surface area contributed by atoms with E-state index in [1.54, 1.807) is 0 Å². The molecule has 1 fully saturated rings. The van der Waals surface area contributed by atoms with E-state index >= 15 is 0 Å². The van der Waals surface area contributed by atoms with Crippen molar-refractivity contribution in [3.05, 3.63) is 16.7 Å². The molecular weight excluding hydrogens is 244 g/mol. The van der Waals surface area contributed by atoms with Crippen LogP contribution in [0.3, 0.4) is 0 Å². The van der Waals surface area contributed by atoms with Crippen molar-refractivity contribution in [2.75, 3.05) is 25.6 Å². The molecule has 0 amide bonds. The zero-order valence-electron chi connectivity index (χ0n) is 11.6. The quantitative estimate of drug-likeness (QED) is 0.839. The molecule has 106 valence electrons. The number of methoxy groups -OCH3 is 1. The average Bonchev–Trinajstić information content (AvgIpc) is 2.46. The van der Waals surface area contributed by atoms with Gasteiger partial charge in [-0.25, -0.2) is 4.98 Å². The van der Waals surface area contributed by atoms with Crippen molar-refractivity contribution >= 4 is 5.82 Å². The molecule has 2 atom stereocenters. The van der Waals surface area contributed by atoms with Gasteiger partial charge in [0.2, 0.25) is 5.75 Å². The molecule has 6 nitrogen and oxygen atoms in total. The van der Waals surface area contributed by atoms with E-state index in [2.05, 4.69) is 9.97 Å². The van der Waals surface area contributed by atoms with Crippen LogP contribution in [0.2, 0.25) is 0 Å². The maximum atomic E-state index is 11.7. The summed E-state index contributed by atoms with van der Waals surface area (Å²) in [6.45, 7) is 0.667. The number of nitrogens with two attached hydrogens (primary N) is 1. The summed E-state index contributed by atoms with van der Waals surface area (Å²) in [5, 5.41) is 0. The fourth-order valence-electron chi connectivity index (χ4n) is 2.94. The van der Waals surface area contributed by atoms with Crippen molar-refractivity contribution < 1.29 is 4.74 Å². The standard InChI is InChI=1S/C13H22N4O2/c1-17(10-6-4-3-5-9(10)7-14)12-11(19-2)13(18)16-8-15-12/h8-10H,3-7,14H2,1-2H3,(H,15,16,18). The van der Waals surface area contributed by atoms with Gasteiger partial charge in [0.1, 0.15) is 0 Å². The minimum atomic E-state index is -0.251. The van der Waals surface area contributed by atoms with Crippen LogP contribution in [0, 0.1) is 5.92 Å². The summed E-state index contributed by atoms with van der Waals surface area (Å²) in [6, 6.07) is 0.321. The largest absolute Gasteiger partial charge is 0.489 e. The van der Waals surface area contributed by atoms with E-state index in [0.717, 1.165) is 12.8 Å². The summed E-state index contributed by atoms with van der Waals surface area (Å²) in [5.74, 6) is 1.31. The minimum Gasteiger partial charge on any atom is -0.489 e. The predicted molar refractivity (Wildman–Crippen MR) is 74.6 cm³/mol. The molecule has 0 saturated heterocycles. The lowest BCUT2D eigenvalue weighted by Gasteiger charge is -2.38. The van der Waals surface area contributed by atoms with E-state index in [1.165, 1.54) is 26.3 Å². The highest BCUT2D eigenvalue weighted by Gasteiger charge is 2.29. The summed E-state index contributed by atoms with van der Waals surface area (Å²) in [7, 11) is 3.45. The van der Waals surface area contributed by atoms with Gasteiger partial charge in [0.05, 0.1) is 13.4 Å². The van der Waals surface area contributed by atoms with Crippen molar-refractivity contribution in [3.8, 4) is 5.75 Å². The van der Waals surface area contributed by atoms with Gasteiger partial charge in [-0.3, -0.25) is 4.79 Å². The third kappa shape index (κ3) is 2.73. The number of hydrogen-bond donors (Lipinski definition) is 2. The van der Waals surface area contributed by atoms with Crippen LogP contribution in [0.4, 0.5) is 5.82 Å². The van der Waals surface area contributed by atoms with E-state index in [4.69, 9.17) is 10.5 Å². The number of hydrogen-bond acceptors (Lipinski definition) is 5. The molecule has 0 spiro atoms. The number of nitrogens with one attached hydrogen (secondary N) is 1. The average molecular weight is 266 g/mol. The van der Waals surface area contributed by atoms with E-state index < -0.39 is 0 Å². The van der Waals surface area contributed by atoms with Gasteiger partial charge >= 0.3 is 0 Å². The van der Waals surface area contributed by atoms with Gasteiger partial charge in [0.25, 0.3) is 5.56 Å². The van der Waals surface area contributed by atoms with Gasteiger partial charge in [-0.15, -0.1) is 0 Å². The molecule has 3 N–H and O–H groups in total. The third-order valence-electron chi connectivity index (χ3n) is 4.00. The SMILES string of the molecule is COc1c(N(C)C2CCCCC2CN)nc[nH]c1=O. The third-order valence-corrected chi connectivity index (χ3v) is 4.00. The van der Waals surface area contributed by atoms with Crippen molar-refractivity contribution in [2.24, 2.45) is 11.7 Å². The molecule has 1 aliphatic rings. The molecule has 0 bridgehead atoms. The van der Waals surface area contributed by atoms with Crippen LogP contribution in [0.5, 0.6) is 5.75 Å². The van der Waals surface area contributed by atoms with Crippen LogP contribution >= 0.6 is 0 Å². The Hall–Kier alpha value is -1.56. The first-order valence-electron chi connectivity index (χ1n) is 6.73. The molecule has 0 radical (unpaired) electrons. The summed E-state index contributed by atoms with van der Waals surface area (Å²) in [5.41, 5.74) is 5.61. The molecule has 1 heterocycles. The summed E-state index contributed by atoms with van der Waals surface area (Å²) in [6.07, 6.45) is 6.05. The first-order chi connectivity index (χ1) is 9.19. The topological polar surface area (TPSA) is 84.2 Å². The Balaban J connectivity index is 2.30. The maximum Gasteiger partial charge on any atom is 0.295 e. The Bertz CT molecular complexity index is 474. The van der Waals surface area contributed by atoms with E-state index in [0.29, 0.717) is 24.3 Å². The zero-order valence-corrected chi connectivity index (χ0v) is 11.6. The Morgan fingerprint density at radius 3 is 2.95 bits per heavy atom. The number of ether oxygens (including phenoxy) is 1. The first-order valence-corrected chi connectivity index (χ1v) is 6.73. The number of rotatable bonds is 4. The first kappa shape index (κ1) is 13.9. The van der Waals surface area contributed by atoms with Crippen molar-refractivity contribution in [1.29, 1.82) is 0 Å². The second-order valence-corrected chi connectivity index (χ2v) is 5.05. The van der Waals surface area contributed by atoms with Crippen molar-refractivity contribution in [1.82, 2.24) is 9.97 Å². The monoisotopic (exact) mass is 266 g/mol. The van der Waals surface area contributed by atoms with Gasteiger partial charge in [-0.2, -0.15) is 0 Å². The van der Waals surface area contributed by atoms with E-state index in [9.17, 15) is 4.79 Å². The van der Waals surface area contributed by atoms with Crippen LogP contribution in [0.25, 0.3) is 0 Å². The second kappa shape index (κ2) is 6.06. The molecule has 1 saturated carbocycles.